The summed E-state index contributed by atoms with van der Waals surface area (Å²) in [5, 5.41) is 3.58. The lowest BCUT2D eigenvalue weighted by atomic mass is 9.95. The summed E-state index contributed by atoms with van der Waals surface area (Å²) in [6, 6.07) is 13.2. The molecule has 1 atom stereocenters. The predicted molar refractivity (Wildman–Crippen MR) is 203 cm³/mol. The van der Waals surface area contributed by atoms with Gasteiger partial charge < -0.3 is 38.3 Å². The van der Waals surface area contributed by atoms with Gasteiger partial charge in [0, 0.05) is 42.6 Å². The van der Waals surface area contributed by atoms with Crippen LogP contribution in [-0.2, 0) is 57.7 Å². The Bertz CT molecular complexity index is 2250. The van der Waals surface area contributed by atoms with Crippen LogP contribution in [0.1, 0.15) is 51.3 Å². The molecule has 298 valence electrons. The molecule has 0 saturated carbocycles. The molecule has 2 amide bonds. The Kier molecular flexibility index (Phi) is 12.6. The second kappa shape index (κ2) is 17.2. The molecule has 1 N–H and O–H groups in total. The summed E-state index contributed by atoms with van der Waals surface area (Å²) in [4.78, 5) is 54.5. The van der Waals surface area contributed by atoms with E-state index < -0.39 is 39.7 Å². The number of ether oxygens (including phenoxy) is 5. The number of nitrogens with one attached hydrogen (secondary N) is 1. The third kappa shape index (κ3) is 10.0. The lowest BCUT2D eigenvalue weighted by Crippen LogP contribution is -2.44. The highest BCUT2D eigenvalue weighted by atomic mass is 35.5. The average molecular weight is 832 g/mol. The molecule has 0 unspecified atom stereocenters. The first-order valence-electron chi connectivity index (χ1n) is 17.7. The second-order valence-electron chi connectivity index (χ2n) is 13.9. The first kappa shape index (κ1) is 41.0. The van der Waals surface area contributed by atoms with Crippen molar-refractivity contribution in [2.24, 2.45) is 5.92 Å². The van der Waals surface area contributed by atoms with Gasteiger partial charge in [-0.3, -0.25) is 9.59 Å². The van der Waals surface area contributed by atoms with Crippen molar-refractivity contribution in [3.05, 3.63) is 98.7 Å². The molecule has 0 spiro atoms. The van der Waals surface area contributed by atoms with Crippen LogP contribution in [0.5, 0.6) is 0 Å². The minimum Gasteiger partial charge on any atom is -0.464 e. The number of fused-ring (bicyclic) bond motifs is 2. The van der Waals surface area contributed by atoms with Gasteiger partial charge in [0.25, 0.3) is 11.8 Å². The molecule has 4 aromatic rings. The van der Waals surface area contributed by atoms with Crippen LogP contribution in [0.25, 0.3) is 11.0 Å². The topological polar surface area (TPSA) is 177 Å². The number of hydrogen-bond acceptors (Lipinski definition) is 12. The molecule has 1 saturated heterocycles. The van der Waals surface area contributed by atoms with E-state index in [1.807, 2.05) is 12.1 Å². The van der Waals surface area contributed by atoms with E-state index in [-0.39, 0.29) is 65.1 Å². The third-order valence-electron chi connectivity index (χ3n) is 9.30. The van der Waals surface area contributed by atoms with Gasteiger partial charge in [-0.2, -0.15) is 0 Å². The average Bonchev–Trinajstić information content (AvgIpc) is 3.63. The minimum atomic E-state index is -3.58. The Hall–Kier alpha value is -4.67. The molecule has 1 aromatic heterocycles. The molecule has 0 aliphatic carbocycles. The van der Waals surface area contributed by atoms with Crippen molar-refractivity contribution in [2.75, 3.05) is 45.8 Å². The number of rotatable bonds is 12. The fourth-order valence-corrected chi connectivity index (χ4v) is 7.74. The fourth-order valence-electron chi connectivity index (χ4n) is 6.28. The number of sulfone groups is 1. The number of carbonyl (C=O) groups is 4. The van der Waals surface area contributed by atoms with E-state index in [1.54, 1.807) is 49.3 Å². The number of nitrogens with zero attached hydrogens (tertiary/aromatic N) is 1. The SMILES string of the molecule is CC1(C)OCC(COC(=O)OCCOC(=O)[C@H](Cc2cccc(S(C)(=O)=O)c2)NC(=O)c2c(Cl)cc3c(c2Cl)CCN(C(=O)c2ccc4ccoc4c2)C3)CO1. The van der Waals surface area contributed by atoms with Crippen molar-refractivity contribution in [2.45, 2.75) is 50.0 Å². The Labute approximate surface area is 333 Å². The zero-order valence-electron chi connectivity index (χ0n) is 30.8. The van der Waals surface area contributed by atoms with Gasteiger partial charge in [0.15, 0.2) is 15.6 Å². The Morgan fingerprint density at radius 2 is 1.73 bits per heavy atom. The molecule has 56 heavy (non-hydrogen) atoms. The van der Waals surface area contributed by atoms with E-state index in [0.717, 1.165) is 11.6 Å². The summed E-state index contributed by atoms with van der Waals surface area (Å²) in [5.74, 6) is -2.78. The van der Waals surface area contributed by atoms with Crippen molar-refractivity contribution >= 4 is 67.9 Å². The zero-order valence-corrected chi connectivity index (χ0v) is 33.1. The molecule has 1 fully saturated rings. The summed E-state index contributed by atoms with van der Waals surface area (Å²) >= 11 is 13.5. The van der Waals surface area contributed by atoms with Gasteiger partial charge in [-0.05, 0) is 73.4 Å². The van der Waals surface area contributed by atoms with Crippen LogP contribution in [-0.4, -0.2) is 94.9 Å². The standard InChI is InChI=1S/C39H40Cl2N2O12S/c1-39(2)54-21-24(22-55-39)20-53-38(47)52-14-13-51-37(46)31(16-23-5-4-6-28(15-23)56(3,48)49)42-35(44)33-30(40)17-27-19-43(11-9-29(27)34(33)41)36(45)26-8-7-25-10-12-50-32(25)18-26/h4-8,10,12,15,17-18,24,31H,9,11,13-14,16,19-22H2,1-3H3,(H,42,44)/t31-/m0/s1. The third-order valence-corrected chi connectivity index (χ3v) is 11.1. The highest BCUT2D eigenvalue weighted by Gasteiger charge is 2.32. The van der Waals surface area contributed by atoms with Crippen LogP contribution in [0.2, 0.25) is 10.0 Å². The summed E-state index contributed by atoms with van der Waals surface area (Å²) in [6.45, 7) is 4.02. The van der Waals surface area contributed by atoms with E-state index in [0.29, 0.717) is 54.0 Å². The van der Waals surface area contributed by atoms with Crippen LogP contribution in [0.15, 0.2) is 70.2 Å². The summed E-state index contributed by atoms with van der Waals surface area (Å²) in [7, 11) is -3.58. The smallest absolute Gasteiger partial charge is 0.464 e. The number of amides is 2. The molecule has 2 aliphatic rings. The number of carbonyl (C=O) groups excluding carboxylic acids is 4. The van der Waals surface area contributed by atoms with E-state index in [2.05, 4.69) is 5.32 Å². The Morgan fingerprint density at radius 3 is 2.48 bits per heavy atom. The molecule has 0 bridgehead atoms. The maximum Gasteiger partial charge on any atom is 0.508 e. The van der Waals surface area contributed by atoms with Crippen LogP contribution in [0.4, 0.5) is 4.79 Å². The van der Waals surface area contributed by atoms with Gasteiger partial charge >= 0.3 is 12.1 Å². The fraction of sp³-hybridized carbons (Fsp3) is 0.385. The molecule has 3 aromatic carbocycles. The monoisotopic (exact) mass is 830 g/mol. The molecule has 0 radical (unpaired) electrons. The first-order valence-corrected chi connectivity index (χ1v) is 20.3. The normalized spacial score (nSPS) is 16.1. The van der Waals surface area contributed by atoms with Crippen LogP contribution < -0.4 is 5.32 Å². The Balaban J connectivity index is 1.11. The maximum atomic E-state index is 13.8. The van der Waals surface area contributed by atoms with Gasteiger partial charge in [-0.25, -0.2) is 18.0 Å². The van der Waals surface area contributed by atoms with Crippen LogP contribution in [0.3, 0.4) is 0 Å². The molecular weight excluding hydrogens is 791 g/mol. The largest absolute Gasteiger partial charge is 0.508 e. The van der Waals surface area contributed by atoms with E-state index in [9.17, 15) is 27.6 Å². The molecular formula is C39H40Cl2N2O12S. The molecule has 2 aliphatic heterocycles. The number of benzene rings is 3. The van der Waals surface area contributed by atoms with Gasteiger partial charge in [0.2, 0.25) is 0 Å². The lowest BCUT2D eigenvalue weighted by molar-refractivity contribution is -0.265. The van der Waals surface area contributed by atoms with E-state index >= 15 is 0 Å². The van der Waals surface area contributed by atoms with Crippen molar-refractivity contribution in [3.63, 3.8) is 0 Å². The van der Waals surface area contributed by atoms with Crippen LogP contribution in [0, 0.1) is 5.92 Å². The first-order chi connectivity index (χ1) is 26.6. The quantitative estimate of drug-likeness (QED) is 0.135. The number of esters is 1. The van der Waals surface area contributed by atoms with E-state index in [1.165, 1.54) is 18.2 Å². The highest BCUT2D eigenvalue weighted by Crippen LogP contribution is 2.35. The van der Waals surface area contributed by atoms with Gasteiger partial charge in [0.05, 0.1) is 40.0 Å². The van der Waals surface area contributed by atoms with Crippen molar-refractivity contribution in [1.82, 2.24) is 10.2 Å². The number of hydrogen-bond donors (Lipinski definition) is 1. The van der Waals surface area contributed by atoms with Gasteiger partial charge in [-0.15, -0.1) is 0 Å². The summed E-state index contributed by atoms with van der Waals surface area (Å²) in [6.07, 6.45) is 1.79. The number of furan rings is 1. The molecule has 3 heterocycles. The Morgan fingerprint density at radius 1 is 0.982 bits per heavy atom. The molecule has 14 nitrogen and oxygen atoms in total. The van der Waals surface area contributed by atoms with Crippen molar-refractivity contribution in [1.29, 1.82) is 0 Å². The lowest BCUT2D eigenvalue weighted by Gasteiger charge is -2.34. The molecule has 17 heteroatoms. The molecule has 6 rings (SSSR count). The van der Waals surface area contributed by atoms with Crippen molar-refractivity contribution in [3.8, 4) is 0 Å². The minimum absolute atomic E-state index is 0.00260. The second-order valence-corrected chi connectivity index (χ2v) is 16.8. The summed E-state index contributed by atoms with van der Waals surface area (Å²) in [5.41, 5.74) is 2.67. The van der Waals surface area contributed by atoms with Crippen molar-refractivity contribution < 1.29 is 55.7 Å². The highest BCUT2D eigenvalue weighted by molar-refractivity contribution is 7.90. The predicted octanol–water partition coefficient (Wildman–Crippen LogP) is 5.78. The van der Waals surface area contributed by atoms with Crippen LogP contribution >= 0.6 is 23.2 Å². The summed E-state index contributed by atoms with van der Waals surface area (Å²) < 4.78 is 56.5. The zero-order chi connectivity index (χ0) is 40.2. The number of halogens is 2. The van der Waals surface area contributed by atoms with Gasteiger partial charge in [0.1, 0.15) is 31.4 Å². The van der Waals surface area contributed by atoms with Gasteiger partial charge in [-0.1, -0.05) is 41.4 Å². The van der Waals surface area contributed by atoms with E-state index in [4.69, 9.17) is 51.3 Å². The maximum absolute atomic E-state index is 13.8.